The molecule has 1 aliphatic rings. The highest BCUT2D eigenvalue weighted by Gasteiger charge is 2.24. The molecule has 1 N–H and O–H groups in total. The maximum absolute atomic E-state index is 5.71. The number of nitrogens with one attached hydrogen (secondary N) is 1. The standard InChI is InChI=1S/C19H31NO/c1-16(2)15-21-14-13-20-19(17-9-5-3-6-10-17)18-11-7-4-8-12-18/h3,5-6,9-10,16,18-20H,4,7-8,11-15H2,1-2H3. The molecule has 1 fully saturated rings. The zero-order valence-corrected chi connectivity index (χ0v) is 13.7. The molecule has 118 valence electrons. The fraction of sp³-hybridized carbons (Fsp3) is 0.684. The summed E-state index contributed by atoms with van der Waals surface area (Å²) >= 11 is 0. The highest BCUT2D eigenvalue weighted by Crippen LogP contribution is 2.34. The van der Waals surface area contributed by atoms with Gasteiger partial charge in [-0.3, -0.25) is 0 Å². The molecular weight excluding hydrogens is 258 g/mol. The molecule has 0 saturated heterocycles. The van der Waals surface area contributed by atoms with Gasteiger partial charge in [0.1, 0.15) is 0 Å². The third-order valence-electron chi connectivity index (χ3n) is 4.34. The molecule has 1 aromatic rings. The summed E-state index contributed by atoms with van der Waals surface area (Å²) in [6, 6.07) is 11.4. The van der Waals surface area contributed by atoms with Gasteiger partial charge in [-0.05, 0) is 30.2 Å². The molecule has 2 rings (SSSR count). The van der Waals surface area contributed by atoms with Crippen LogP contribution in [0.3, 0.4) is 0 Å². The van der Waals surface area contributed by atoms with E-state index in [0.717, 1.165) is 25.7 Å². The van der Waals surface area contributed by atoms with Crippen molar-refractivity contribution in [3.05, 3.63) is 35.9 Å². The van der Waals surface area contributed by atoms with Crippen LogP contribution in [-0.2, 0) is 4.74 Å². The SMILES string of the molecule is CC(C)COCCNC(c1ccccc1)C1CCCCC1. The number of hydrogen-bond donors (Lipinski definition) is 1. The largest absolute Gasteiger partial charge is 0.380 e. The molecule has 0 amide bonds. The molecule has 1 unspecified atom stereocenters. The van der Waals surface area contributed by atoms with E-state index in [1.807, 2.05) is 0 Å². The van der Waals surface area contributed by atoms with Crippen LogP contribution in [0.2, 0.25) is 0 Å². The first-order chi connectivity index (χ1) is 10.3. The van der Waals surface area contributed by atoms with Gasteiger partial charge in [0.25, 0.3) is 0 Å². The smallest absolute Gasteiger partial charge is 0.0591 e. The van der Waals surface area contributed by atoms with Crippen LogP contribution in [0.15, 0.2) is 30.3 Å². The molecule has 21 heavy (non-hydrogen) atoms. The number of hydrogen-bond acceptors (Lipinski definition) is 2. The molecule has 0 radical (unpaired) electrons. The molecule has 1 aliphatic carbocycles. The number of rotatable bonds is 8. The predicted octanol–water partition coefficient (Wildman–Crippen LogP) is 4.57. The second-order valence-corrected chi connectivity index (χ2v) is 6.71. The lowest BCUT2D eigenvalue weighted by Crippen LogP contribution is -2.32. The van der Waals surface area contributed by atoms with Crippen LogP contribution in [0.4, 0.5) is 0 Å². The molecule has 2 nitrogen and oxygen atoms in total. The van der Waals surface area contributed by atoms with Gasteiger partial charge >= 0.3 is 0 Å². The van der Waals surface area contributed by atoms with E-state index in [1.165, 1.54) is 37.7 Å². The summed E-state index contributed by atoms with van der Waals surface area (Å²) in [5.41, 5.74) is 1.44. The quantitative estimate of drug-likeness (QED) is 0.708. The predicted molar refractivity (Wildman–Crippen MR) is 89.4 cm³/mol. The lowest BCUT2D eigenvalue weighted by molar-refractivity contribution is 0.107. The topological polar surface area (TPSA) is 21.3 Å². The fourth-order valence-corrected chi connectivity index (χ4v) is 3.29. The minimum absolute atomic E-state index is 0.495. The van der Waals surface area contributed by atoms with Gasteiger partial charge in [0.15, 0.2) is 0 Å². The minimum Gasteiger partial charge on any atom is -0.380 e. The average Bonchev–Trinajstić information content (AvgIpc) is 2.52. The highest BCUT2D eigenvalue weighted by atomic mass is 16.5. The van der Waals surface area contributed by atoms with Crippen molar-refractivity contribution in [2.24, 2.45) is 11.8 Å². The molecule has 0 spiro atoms. The lowest BCUT2D eigenvalue weighted by Gasteiger charge is -2.31. The molecule has 1 saturated carbocycles. The molecular formula is C19H31NO. The Morgan fingerprint density at radius 1 is 1.10 bits per heavy atom. The summed E-state index contributed by atoms with van der Waals surface area (Å²) < 4.78 is 5.71. The van der Waals surface area contributed by atoms with Crippen molar-refractivity contribution >= 4 is 0 Å². The zero-order chi connectivity index (χ0) is 14.9. The zero-order valence-electron chi connectivity index (χ0n) is 13.7. The summed E-state index contributed by atoms with van der Waals surface area (Å²) in [5, 5.41) is 3.75. The van der Waals surface area contributed by atoms with Crippen molar-refractivity contribution in [2.45, 2.75) is 52.0 Å². The molecule has 0 bridgehead atoms. The number of ether oxygens (including phenoxy) is 1. The van der Waals surface area contributed by atoms with Crippen LogP contribution >= 0.6 is 0 Å². The van der Waals surface area contributed by atoms with E-state index in [9.17, 15) is 0 Å². The average molecular weight is 289 g/mol. The van der Waals surface area contributed by atoms with Gasteiger partial charge in [0, 0.05) is 19.2 Å². The van der Waals surface area contributed by atoms with E-state index in [4.69, 9.17) is 4.74 Å². The Hall–Kier alpha value is -0.860. The van der Waals surface area contributed by atoms with Crippen LogP contribution in [0, 0.1) is 11.8 Å². The van der Waals surface area contributed by atoms with E-state index in [1.54, 1.807) is 0 Å². The Kier molecular flexibility index (Phi) is 7.25. The third-order valence-corrected chi connectivity index (χ3v) is 4.34. The third kappa shape index (κ3) is 5.80. The molecule has 0 heterocycles. The van der Waals surface area contributed by atoms with Crippen LogP contribution in [-0.4, -0.2) is 19.8 Å². The second kappa shape index (κ2) is 9.22. The highest BCUT2D eigenvalue weighted by molar-refractivity contribution is 5.19. The maximum Gasteiger partial charge on any atom is 0.0591 e. The fourth-order valence-electron chi connectivity index (χ4n) is 3.29. The summed E-state index contributed by atoms with van der Waals surface area (Å²) in [6.45, 7) is 7.02. The Morgan fingerprint density at radius 3 is 2.48 bits per heavy atom. The Bertz CT molecular complexity index is 370. The summed E-state index contributed by atoms with van der Waals surface area (Å²) in [4.78, 5) is 0. The molecule has 1 atom stereocenters. The van der Waals surface area contributed by atoms with Gasteiger partial charge in [-0.25, -0.2) is 0 Å². The Labute approximate surface area is 130 Å². The van der Waals surface area contributed by atoms with E-state index >= 15 is 0 Å². The van der Waals surface area contributed by atoms with E-state index in [0.29, 0.717) is 12.0 Å². The first-order valence-electron chi connectivity index (χ1n) is 8.63. The molecule has 0 aliphatic heterocycles. The van der Waals surface area contributed by atoms with Crippen LogP contribution in [0.5, 0.6) is 0 Å². The van der Waals surface area contributed by atoms with Crippen LogP contribution in [0.25, 0.3) is 0 Å². The Morgan fingerprint density at radius 2 is 1.81 bits per heavy atom. The number of benzene rings is 1. The van der Waals surface area contributed by atoms with Crippen molar-refractivity contribution in [2.75, 3.05) is 19.8 Å². The molecule has 1 aromatic carbocycles. The van der Waals surface area contributed by atoms with Crippen molar-refractivity contribution in [3.8, 4) is 0 Å². The van der Waals surface area contributed by atoms with Gasteiger partial charge < -0.3 is 10.1 Å². The van der Waals surface area contributed by atoms with E-state index in [2.05, 4.69) is 49.5 Å². The Balaban J connectivity index is 1.86. The molecule has 2 heteroatoms. The van der Waals surface area contributed by atoms with Crippen LogP contribution in [0.1, 0.15) is 57.6 Å². The van der Waals surface area contributed by atoms with Gasteiger partial charge in [0.2, 0.25) is 0 Å². The normalized spacial score (nSPS) is 18.0. The second-order valence-electron chi connectivity index (χ2n) is 6.71. The first-order valence-corrected chi connectivity index (χ1v) is 8.63. The van der Waals surface area contributed by atoms with Gasteiger partial charge in [-0.15, -0.1) is 0 Å². The minimum atomic E-state index is 0.495. The first kappa shape index (κ1) is 16.5. The lowest BCUT2D eigenvalue weighted by atomic mass is 9.81. The van der Waals surface area contributed by atoms with Crippen molar-refractivity contribution < 1.29 is 4.74 Å². The summed E-state index contributed by atoms with van der Waals surface area (Å²) in [5.74, 6) is 1.40. The van der Waals surface area contributed by atoms with Crippen molar-refractivity contribution in [3.63, 3.8) is 0 Å². The summed E-state index contributed by atoms with van der Waals surface area (Å²) in [7, 11) is 0. The van der Waals surface area contributed by atoms with Crippen molar-refractivity contribution in [1.82, 2.24) is 5.32 Å². The van der Waals surface area contributed by atoms with Crippen molar-refractivity contribution in [1.29, 1.82) is 0 Å². The van der Waals surface area contributed by atoms with E-state index in [-0.39, 0.29) is 0 Å². The van der Waals surface area contributed by atoms with E-state index < -0.39 is 0 Å². The molecule has 0 aromatic heterocycles. The van der Waals surface area contributed by atoms with Gasteiger partial charge in [-0.1, -0.05) is 63.4 Å². The van der Waals surface area contributed by atoms with Crippen LogP contribution < -0.4 is 5.32 Å². The monoisotopic (exact) mass is 289 g/mol. The van der Waals surface area contributed by atoms with Gasteiger partial charge in [-0.2, -0.15) is 0 Å². The van der Waals surface area contributed by atoms with Gasteiger partial charge in [0.05, 0.1) is 6.61 Å². The maximum atomic E-state index is 5.71. The summed E-state index contributed by atoms with van der Waals surface area (Å²) in [6.07, 6.45) is 6.91.